The fourth-order valence-corrected chi connectivity index (χ4v) is 3.96. The number of aromatic nitrogens is 1. The zero-order valence-corrected chi connectivity index (χ0v) is 22.2. The van der Waals surface area contributed by atoms with Crippen LogP contribution in [0.2, 0.25) is 5.02 Å². The number of anilines is 3. The molecule has 0 spiro atoms. The van der Waals surface area contributed by atoms with Crippen molar-refractivity contribution in [3.8, 4) is 18.1 Å². The summed E-state index contributed by atoms with van der Waals surface area (Å²) >= 11 is 6.24. The summed E-state index contributed by atoms with van der Waals surface area (Å²) in [4.78, 5) is 30.7. The molecule has 0 aliphatic carbocycles. The van der Waals surface area contributed by atoms with Gasteiger partial charge in [0.15, 0.2) is 0 Å². The largest absolute Gasteiger partial charge is 0.494 e. The van der Waals surface area contributed by atoms with Crippen molar-refractivity contribution < 1.29 is 23.1 Å². The van der Waals surface area contributed by atoms with Crippen molar-refractivity contribution in [2.75, 3.05) is 24.4 Å². The number of halogens is 2. The van der Waals surface area contributed by atoms with Crippen molar-refractivity contribution in [2.45, 2.75) is 6.54 Å². The molecule has 0 atom stereocenters. The van der Waals surface area contributed by atoms with Crippen LogP contribution in [0.25, 0.3) is 0 Å². The average Bonchev–Trinajstić information content (AvgIpc) is 3.46. The lowest BCUT2D eigenvalue weighted by molar-refractivity contribution is -0.106. The zero-order valence-electron chi connectivity index (χ0n) is 21.5. The molecule has 202 valence electrons. The third kappa shape index (κ3) is 6.46. The van der Waals surface area contributed by atoms with Gasteiger partial charge in [-0.2, -0.15) is 5.10 Å². The summed E-state index contributed by atoms with van der Waals surface area (Å²) in [6.45, 7) is 0.424. The van der Waals surface area contributed by atoms with Crippen LogP contribution in [0.15, 0.2) is 76.6 Å². The van der Waals surface area contributed by atoms with Crippen LogP contribution in [0.4, 0.5) is 21.6 Å². The van der Waals surface area contributed by atoms with Gasteiger partial charge in [-0.1, -0.05) is 23.6 Å². The lowest BCUT2D eigenvalue weighted by Crippen LogP contribution is -2.22. The Hall–Kier alpha value is -5.14. The molecule has 9 nitrogen and oxygen atoms in total. The van der Waals surface area contributed by atoms with E-state index in [4.69, 9.17) is 27.2 Å². The van der Waals surface area contributed by atoms with Crippen molar-refractivity contribution in [2.24, 2.45) is 5.10 Å². The second-order valence-electron chi connectivity index (χ2n) is 8.36. The van der Waals surface area contributed by atoms with Crippen LogP contribution in [-0.4, -0.2) is 42.7 Å². The Balaban J connectivity index is 1.65. The lowest BCUT2D eigenvalue weighted by Gasteiger charge is -2.24. The molecule has 0 saturated heterocycles. The first-order valence-corrected chi connectivity index (χ1v) is 12.1. The fourth-order valence-electron chi connectivity index (χ4n) is 3.75. The number of methoxy groups -OCH3 is 1. The van der Waals surface area contributed by atoms with Crippen LogP contribution >= 0.6 is 11.6 Å². The molecule has 4 rings (SSSR count). The summed E-state index contributed by atoms with van der Waals surface area (Å²) in [7, 11) is 3.09. The second-order valence-corrected chi connectivity index (χ2v) is 8.80. The zero-order chi connectivity index (χ0) is 28.6. The molecule has 2 heterocycles. The molecule has 0 fully saturated rings. The Morgan fingerprint density at radius 2 is 2.10 bits per heavy atom. The molecule has 2 aromatic carbocycles. The molecule has 0 aliphatic rings. The van der Waals surface area contributed by atoms with Crippen LogP contribution in [0.3, 0.4) is 0 Å². The molecule has 4 aromatic rings. The number of furan rings is 1. The van der Waals surface area contributed by atoms with Crippen molar-refractivity contribution >= 4 is 47.3 Å². The number of ether oxygens (including phenoxy) is 1. The summed E-state index contributed by atoms with van der Waals surface area (Å²) in [5.74, 6) is 2.04. The standard InChI is InChI=1S/C29H23ClFN5O4/c1-4-19-8-10-27(32-15-19)34-29(38)23-13-21(30)14-26(39-3)28(23)36(18-37)25-9-7-20(12-24(25)31)16-33-35(2)17-22-6-5-11-40-22/h1,5-16,18H,17H2,2-3H3,(H,32,34,38). The summed E-state index contributed by atoms with van der Waals surface area (Å²) in [5.41, 5.74) is 0.786. The van der Waals surface area contributed by atoms with E-state index in [1.54, 1.807) is 36.5 Å². The fraction of sp³-hybridized carbons (Fsp3) is 0.103. The average molecular weight is 560 g/mol. The Morgan fingerprint density at radius 3 is 2.73 bits per heavy atom. The van der Waals surface area contributed by atoms with Gasteiger partial charge in [0.25, 0.3) is 5.91 Å². The van der Waals surface area contributed by atoms with Crippen LogP contribution in [0.1, 0.15) is 27.2 Å². The minimum absolute atomic E-state index is 0.0156. The number of hydrazone groups is 1. The van der Waals surface area contributed by atoms with Gasteiger partial charge in [-0.25, -0.2) is 9.37 Å². The van der Waals surface area contributed by atoms with Gasteiger partial charge in [0.1, 0.15) is 28.8 Å². The van der Waals surface area contributed by atoms with E-state index in [1.807, 2.05) is 6.07 Å². The van der Waals surface area contributed by atoms with E-state index in [1.165, 1.54) is 49.9 Å². The minimum atomic E-state index is -0.736. The van der Waals surface area contributed by atoms with Gasteiger partial charge in [-0.3, -0.25) is 19.5 Å². The molecule has 0 saturated carbocycles. The van der Waals surface area contributed by atoms with Crippen LogP contribution in [-0.2, 0) is 11.3 Å². The number of terminal acetylenes is 1. The smallest absolute Gasteiger partial charge is 0.259 e. The van der Waals surface area contributed by atoms with Gasteiger partial charge in [-0.15, -0.1) is 6.42 Å². The van der Waals surface area contributed by atoms with Crippen molar-refractivity contribution in [3.63, 3.8) is 0 Å². The Labute approximate surface area is 234 Å². The molecule has 0 bridgehead atoms. The van der Waals surface area contributed by atoms with E-state index in [2.05, 4.69) is 21.3 Å². The van der Waals surface area contributed by atoms with Crippen LogP contribution in [0.5, 0.6) is 5.75 Å². The van der Waals surface area contributed by atoms with Gasteiger partial charge < -0.3 is 14.5 Å². The SMILES string of the molecule is C#Cc1ccc(NC(=O)c2cc(Cl)cc(OC)c2N(C=O)c2ccc(C=NN(C)Cc3ccco3)cc2F)nc1. The molecule has 0 unspecified atom stereocenters. The van der Waals surface area contributed by atoms with E-state index in [9.17, 15) is 9.59 Å². The van der Waals surface area contributed by atoms with Crippen LogP contribution < -0.4 is 15.0 Å². The molecule has 1 N–H and O–H groups in total. The Morgan fingerprint density at radius 1 is 1.27 bits per heavy atom. The van der Waals surface area contributed by atoms with Gasteiger partial charge >= 0.3 is 0 Å². The summed E-state index contributed by atoms with van der Waals surface area (Å²) in [6.07, 6.45) is 10.2. The highest BCUT2D eigenvalue weighted by molar-refractivity contribution is 6.31. The monoisotopic (exact) mass is 559 g/mol. The number of pyridine rings is 1. The van der Waals surface area contributed by atoms with Crippen molar-refractivity contribution in [1.82, 2.24) is 9.99 Å². The lowest BCUT2D eigenvalue weighted by atomic mass is 10.1. The molecule has 40 heavy (non-hydrogen) atoms. The van der Waals surface area contributed by atoms with Gasteiger partial charge in [0.05, 0.1) is 37.4 Å². The van der Waals surface area contributed by atoms with Gasteiger partial charge in [-0.05, 0) is 48.0 Å². The predicted octanol–water partition coefficient (Wildman–Crippen LogP) is 5.47. The van der Waals surface area contributed by atoms with Crippen LogP contribution in [0, 0.1) is 18.2 Å². The molecular formula is C29H23ClFN5O4. The topological polar surface area (TPSA) is 100 Å². The first-order chi connectivity index (χ1) is 19.3. The van der Waals surface area contributed by atoms with E-state index in [0.717, 1.165) is 10.7 Å². The number of amides is 2. The maximum Gasteiger partial charge on any atom is 0.259 e. The first-order valence-electron chi connectivity index (χ1n) is 11.8. The maximum atomic E-state index is 15.4. The number of carbonyl (C=O) groups excluding carboxylic acids is 2. The predicted molar refractivity (Wildman–Crippen MR) is 151 cm³/mol. The highest BCUT2D eigenvalue weighted by Gasteiger charge is 2.26. The summed E-state index contributed by atoms with van der Waals surface area (Å²) in [5, 5.41) is 8.70. The third-order valence-corrected chi connectivity index (χ3v) is 5.84. The molecular weight excluding hydrogens is 537 g/mol. The second kappa shape index (κ2) is 12.6. The maximum absolute atomic E-state index is 15.4. The third-order valence-electron chi connectivity index (χ3n) is 5.62. The molecule has 11 heteroatoms. The van der Waals surface area contributed by atoms with E-state index >= 15 is 4.39 Å². The first kappa shape index (κ1) is 27.9. The van der Waals surface area contributed by atoms with E-state index < -0.39 is 11.7 Å². The van der Waals surface area contributed by atoms with E-state index in [0.29, 0.717) is 24.1 Å². The highest BCUT2D eigenvalue weighted by atomic mass is 35.5. The molecule has 2 aromatic heterocycles. The summed E-state index contributed by atoms with van der Waals surface area (Å²) in [6, 6.07) is 13.7. The molecule has 2 amide bonds. The van der Waals surface area contributed by atoms with E-state index in [-0.39, 0.29) is 33.5 Å². The van der Waals surface area contributed by atoms with Gasteiger partial charge in [0.2, 0.25) is 6.41 Å². The van der Waals surface area contributed by atoms with Gasteiger partial charge in [0, 0.05) is 29.9 Å². The quantitative estimate of drug-likeness (QED) is 0.120. The minimum Gasteiger partial charge on any atom is -0.494 e. The summed E-state index contributed by atoms with van der Waals surface area (Å²) < 4.78 is 26.1. The number of carbonyl (C=O) groups is 2. The molecule has 0 aliphatic heterocycles. The van der Waals surface area contributed by atoms with Crippen molar-refractivity contribution in [1.29, 1.82) is 0 Å². The number of rotatable bonds is 10. The Bertz CT molecular complexity index is 1580. The molecule has 0 radical (unpaired) electrons. The number of nitrogens with one attached hydrogen (secondary N) is 1. The number of benzene rings is 2. The highest BCUT2D eigenvalue weighted by Crippen LogP contribution is 2.40. The Kier molecular flexibility index (Phi) is 8.79. The number of nitrogens with zero attached hydrogens (tertiary/aromatic N) is 4. The number of hydrogen-bond acceptors (Lipinski definition) is 7. The number of hydrogen-bond donors (Lipinski definition) is 1. The van der Waals surface area contributed by atoms with Crippen molar-refractivity contribution in [3.05, 3.63) is 100 Å². The normalized spacial score (nSPS) is 10.7.